The number of nitrogens with zero attached hydrogens (tertiary/aromatic N) is 1. The fraction of sp³-hybridized carbons (Fsp3) is 0.562. The zero-order valence-electron chi connectivity index (χ0n) is 12.4. The number of esters is 1. The van der Waals surface area contributed by atoms with Crippen LogP contribution in [-0.2, 0) is 16.0 Å². The monoisotopic (exact) mass is 339 g/mol. The third-order valence-electron chi connectivity index (χ3n) is 4.17. The van der Waals surface area contributed by atoms with Gasteiger partial charge in [-0.3, -0.25) is 9.69 Å². The van der Waals surface area contributed by atoms with Crippen molar-refractivity contribution < 1.29 is 9.53 Å². The normalized spacial score (nSPS) is 23.2. The summed E-state index contributed by atoms with van der Waals surface area (Å²) in [7, 11) is 1.49. The van der Waals surface area contributed by atoms with Crippen molar-refractivity contribution in [2.75, 3.05) is 13.7 Å². The number of methoxy groups -OCH3 is 1. The summed E-state index contributed by atoms with van der Waals surface area (Å²) in [6, 6.07) is 8.44. The molecule has 0 N–H and O–H groups in total. The molecule has 1 aliphatic rings. The largest absolute Gasteiger partial charge is 0.468 e. The van der Waals surface area contributed by atoms with Crippen molar-refractivity contribution in [1.82, 2.24) is 4.90 Å². The predicted molar refractivity (Wildman–Crippen MR) is 83.7 cm³/mol. The van der Waals surface area contributed by atoms with Gasteiger partial charge in [0.05, 0.1) is 7.11 Å². The van der Waals surface area contributed by atoms with Crippen molar-refractivity contribution in [1.29, 1.82) is 0 Å². The summed E-state index contributed by atoms with van der Waals surface area (Å²) in [6.45, 7) is 5.24. The van der Waals surface area contributed by atoms with E-state index in [-0.39, 0.29) is 5.97 Å². The lowest BCUT2D eigenvalue weighted by molar-refractivity contribution is -0.154. The summed E-state index contributed by atoms with van der Waals surface area (Å²) < 4.78 is 6.19. The van der Waals surface area contributed by atoms with Gasteiger partial charge in [0, 0.05) is 16.9 Å². The number of rotatable bonds is 4. The van der Waals surface area contributed by atoms with E-state index in [1.807, 2.05) is 18.2 Å². The van der Waals surface area contributed by atoms with Crippen LogP contribution < -0.4 is 0 Å². The van der Waals surface area contributed by atoms with E-state index in [9.17, 15) is 4.79 Å². The minimum Gasteiger partial charge on any atom is -0.468 e. The van der Waals surface area contributed by atoms with Crippen molar-refractivity contribution in [2.45, 2.75) is 44.7 Å². The predicted octanol–water partition coefficient (Wildman–Crippen LogP) is 3.41. The lowest BCUT2D eigenvalue weighted by Gasteiger charge is -2.39. The van der Waals surface area contributed by atoms with Gasteiger partial charge < -0.3 is 4.74 Å². The van der Waals surface area contributed by atoms with Crippen LogP contribution in [0.5, 0.6) is 0 Å². The molecule has 1 unspecified atom stereocenters. The molecule has 0 spiro atoms. The zero-order chi connectivity index (χ0) is 14.8. The summed E-state index contributed by atoms with van der Waals surface area (Å²) in [6.07, 6.45) is 2.59. The highest BCUT2D eigenvalue weighted by Crippen LogP contribution is 2.37. The Morgan fingerprint density at radius 2 is 2.15 bits per heavy atom. The fourth-order valence-electron chi connectivity index (χ4n) is 3.28. The van der Waals surface area contributed by atoms with E-state index in [0.29, 0.717) is 12.5 Å². The molecular weight excluding hydrogens is 318 g/mol. The van der Waals surface area contributed by atoms with Gasteiger partial charge in [-0.05, 0) is 44.9 Å². The van der Waals surface area contributed by atoms with Gasteiger partial charge in [-0.15, -0.1) is 0 Å². The van der Waals surface area contributed by atoms with E-state index >= 15 is 0 Å². The van der Waals surface area contributed by atoms with Crippen LogP contribution in [0.15, 0.2) is 28.7 Å². The van der Waals surface area contributed by atoms with Crippen LogP contribution in [-0.4, -0.2) is 36.1 Å². The maximum Gasteiger partial charge on any atom is 0.326 e. The van der Waals surface area contributed by atoms with E-state index in [4.69, 9.17) is 4.74 Å². The molecule has 0 aliphatic carbocycles. The molecule has 1 aliphatic heterocycles. The zero-order valence-corrected chi connectivity index (χ0v) is 13.9. The third kappa shape index (κ3) is 2.77. The summed E-state index contributed by atoms with van der Waals surface area (Å²) in [4.78, 5) is 14.8. The molecule has 0 aromatic heterocycles. The molecule has 110 valence electrons. The van der Waals surface area contributed by atoms with Gasteiger partial charge in [-0.2, -0.15) is 0 Å². The average Bonchev–Trinajstić information content (AvgIpc) is 2.85. The molecule has 1 aromatic carbocycles. The van der Waals surface area contributed by atoms with E-state index in [1.54, 1.807) is 0 Å². The van der Waals surface area contributed by atoms with Crippen LogP contribution >= 0.6 is 15.9 Å². The first kappa shape index (κ1) is 15.5. The Morgan fingerprint density at radius 1 is 1.45 bits per heavy atom. The van der Waals surface area contributed by atoms with Crippen molar-refractivity contribution in [3.63, 3.8) is 0 Å². The Morgan fingerprint density at radius 3 is 2.75 bits per heavy atom. The van der Waals surface area contributed by atoms with Gasteiger partial charge in [0.15, 0.2) is 0 Å². The SMILES string of the molecule is COC(=O)C1(Cc2ccccc2Br)CCCN1C(C)C. The minimum absolute atomic E-state index is 0.112. The maximum atomic E-state index is 12.5. The average molecular weight is 340 g/mol. The molecule has 20 heavy (non-hydrogen) atoms. The molecule has 0 bridgehead atoms. The molecule has 0 amide bonds. The summed E-state index contributed by atoms with van der Waals surface area (Å²) in [5, 5.41) is 0. The van der Waals surface area contributed by atoms with E-state index < -0.39 is 5.54 Å². The van der Waals surface area contributed by atoms with Crippen LogP contribution in [0.3, 0.4) is 0 Å². The third-order valence-corrected chi connectivity index (χ3v) is 4.94. The van der Waals surface area contributed by atoms with Crippen molar-refractivity contribution in [3.05, 3.63) is 34.3 Å². The number of hydrogen-bond donors (Lipinski definition) is 0. The van der Waals surface area contributed by atoms with Crippen LogP contribution in [0.1, 0.15) is 32.3 Å². The molecular formula is C16H22BrNO2. The molecule has 0 radical (unpaired) electrons. The molecule has 1 saturated heterocycles. The Labute approximate surface area is 129 Å². The molecule has 1 aromatic rings. The highest BCUT2D eigenvalue weighted by Gasteiger charge is 2.49. The number of halogens is 1. The van der Waals surface area contributed by atoms with E-state index in [0.717, 1.165) is 29.4 Å². The minimum atomic E-state index is -0.521. The van der Waals surface area contributed by atoms with Gasteiger partial charge in [0.1, 0.15) is 5.54 Å². The Bertz CT molecular complexity index is 489. The van der Waals surface area contributed by atoms with Crippen molar-refractivity contribution >= 4 is 21.9 Å². The summed E-state index contributed by atoms with van der Waals surface area (Å²) >= 11 is 3.59. The molecule has 1 fully saturated rings. The second-order valence-corrected chi connectivity index (χ2v) is 6.54. The first-order valence-corrected chi connectivity index (χ1v) is 7.89. The number of carbonyl (C=O) groups excluding carboxylic acids is 1. The first-order chi connectivity index (χ1) is 9.51. The number of carbonyl (C=O) groups is 1. The number of hydrogen-bond acceptors (Lipinski definition) is 3. The highest BCUT2D eigenvalue weighted by atomic mass is 79.9. The molecule has 3 nitrogen and oxygen atoms in total. The molecule has 0 saturated carbocycles. The lowest BCUT2D eigenvalue weighted by Crippen LogP contribution is -2.55. The van der Waals surface area contributed by atoms with Crippen molar-refractivity contribution in [2.24, 2.45) is 0 Å². The summed E-state index contributed by atoms with van der Waals surface area (Å²) in [5.74, 6) is -0.112. The second-order valence-electron chi connectivity index (χ2n) is 5.68. The van der Waals surface area contributed by atoms with E-state index in [2.05, 4.69) is 40.7 Å². The quantitative estimate of drug-likeness (QED) is 0.787. The van der Waals surface area contributed by atoms with E-state index in [1.165, 1.54) is 7.11 Å². The maximum absolute atomic E-state index is 12.5. The number of benzene rings is 1. The van der Waals surface area contributed by atoms with Crippen LogP contribution in [0.2, 0.25) is 0 Å². The molecule has 1 atom stereocenters. The number of ether oxygens (including phenoxy) is 1. The molecule has 2 rings (SSSR count). The van der Waals surface area contributed by atoms with Gasteiger partial charge in [0.2, 0.25) is 0 Å². The van der Waals surface area contributed by atoms with Crippen LogP contribution in [0, 0.1) is 0 Å². The Hall–Kier alpha value is -0.870. The van der Waals surface area contributed by atoms with Crippen LogP contribution in [0.25, 0.3) is 0 Å². The molecule has 4 heteroatoms. The van der Waals surface area contributed by atoms with Gasteiger partial charge in [-0.25, -0.2) is 0 Å². The summed E-state index contributed by atoms with van der Waals surface area (Å²) in [5.41, 5.74) is 0.637. The van der Waals surface area contributed by atoms with Gasteiger partial charge in [-0.1, -0.05) is 34.1 Å². The number of likely N-dealkylation sites (tertiary alicyclic amines) is 1. The standard InChI is InChI=1S/C16H22BrNO2/c1-12(2)18-10-6-9-16(18,15(19)20-3)11-13-7-4-5-8-14(13)17/h4-5,7-8,12H,6,9-11H2,1-3H3. The smallest absolute Gasteiger partial charge is 0.326 e. The van der Waals surface area contributed by atoms with Crippen LogP contribution in [0.4, 0.5) is 0 Å². The highest BCUT2D eigenvalue weighted by molar-refractivity contribution is 9.10. The lowest BCUT2D eigenvalue weighted by atomic mass is 9.87. The van der Waals surface area contributed by atoms with Gasteiger partial charge >= 0.3 is 5.97 Å². The Balaban J connectivity index is 2.38. The van der Waals surface area contributed by atoms with Gasteiger partial charge in [0.25, 0.3) is 0 Å². The molecule has 1 heterocycles. The second kappa shape index (κ2) is 6.27. The topological polar surface area (TPSA) is 29.5 Å². The first-order valence-electron chi connectivity index (χ1n) is 7.10. The Kier molecular flexibility index (Phi) is 4.86. The fourth-order valence-corrected chi connectivity index (χ4v) is 3.71. The van der Waals surface area contributed by atoms with Crippen molar-refractivity contribution in [3.8, 4) is 0 Å².